The molecule has 1 unspecified atom stereocenters. The van der Waals surface area contributed by atoms with E-state index in [1.54, 1.807) is 24.3 Å². The van der Waals surface area contributed by atoms with Gasteiger partial charge >= 0.3 is 0 Å². The molecule has 0 heterocycles. The van der Waals surface area contributed by atoms with E-state index >= 15 is 0 Å². The standard InChI is InChI=1S/C15H13BrF2O/c1-9-2-4-13(17)11(6-9)15(19)8-10-3-5-14(18)12(16)7-10/h2-7,15,19H,8H2,1H3. The first-order valence-electron chi connectivity index (χ1n) is 5.85. The normalized spacial score (nSPS) is 12.5. The Bertz CT molecular complexity index is 599. The molecule has 0 aliphatic carbocycles. The van der Waals surface area contributed by atoms with E-state index in [0.29, 0.717) is 4.47 Å². The number of hydrogen-bond donors (Lipinski definition) is 1. The van der Waals surface area contributed by atoms with Gasteiger partial charge in [-0.25, -0.2) is 8.78 Å². The first-order valence-corrected chi connectivity index (χ1v) is 6.64. The third-order valence-electron chi connectivity index (χ3n) is 2.92. The molecule has 0 radical (unpaired) electrons. The van der Waals surface area contributed by atoms with Crippen LogP contribution < -0.4 is 0 Å². The maximum Gasteiger partial charge on any atom is 0.137 e. The van der Waals surface area contributed by atoms with Gasteiger partial charge in [0.2, 0.25) is 0 Å². The fourth-order valence-electron chi connectivity index (χ4n) is 1.92. The molecule has 0 saturated heterocycles. The fourth-order valence-corrected chi connectivity index (χ4v) is 2.34. The molecule has 2 aromatic carbocycles. The summed E-state index contributed by atoms with van der Waals surface area (Å²) in [5, 5.41) is 10.1. The van der Waals surface area contributed by atoms with Crippen molar-refractivity contribution >= 4 is 15.9 Å². The summed E-state index contributed by atoms with van der Waals surface area (Å²) in [6.07, 6.45) is -0.712. The summed E-state index contributed by atoms with van der Waals surface area (Å²) in [7, 11) is 0. The lowest BCUT2D eigenvalue weighted by Crippen LogP contribution is -2.05. The third-order valence-corrected chi connectivity index (χ3v) is 3.53. The number of aliphatic hydroxyl groups excluding tert-OH is 1. The molecule has 0 spiro atoms. The van der Waals surface area contributed by atoms with Gasteiger partial charge in [-0.05, 0) is 46.6 Å². The van der Waals surface area contributed by atoms with Gasteiger partial charge in [-0.1, -0.05) is 23.8 Å². The van der Waals surface area contributed by atoms with E-state index in [1.165, 1.54) is 12.1 Å². The van der Waals surface area contributed by atoms with E-state index < -0.39 is 11.9 Å². The fraction of sp³-hybridized carbons (Fsp3) is 0.200. The van der Waals surface area contributed by atoms with Gasteiger partial charge in [0.05, 0.1) is 10.6 Å². The molecule has 0 aromatic heterocycles. The lowest BCUT2D eigenvalue weighted by atomic mass is 9.99. The molecule has 1 N–H and O–H groups in total. The number of aliphatic hydroxyl groups is 1. The molecule has 2 rings (SSSR count). The highest BCUT2D eigenvalue weighted by Crippen LogP contribution is 2.24. The molecule has 0 fully saturated rings. The first kappa shape index (κ1) is 14.2. The van der Waals surface area contributed by atoms with Crippen LogP contribution in [0.25, 0.3) is 0 Å². The molecule has 2 aromatic rings. The summed E-state index contributed by atoms with van der Waals surface area (Å²) in [6.45, 7) is 1.84. The Hall–Kier alpha value is -1.26. The molecule has 0 saturated carbocycles. The van der Waals surface area contributed by atoms with Crippen molar-refractivity contribution in [1.82, 2.24) is 0 Å². The van der Waals surface area contributed by atoms with E-state index in [-0.39, 0.29) is 17.8 Å². The molecule has 0 aliphatic heterocycles. The van der Waals surface area contributed by atoms with Gasteiger partial charge in [-0.3, -0.25) is 0 Å². The Labute approximate surface area is 119 Å². The van der Waals surface area contributed by atoms with Crippen LogP contribution in [0.15, 0.2) is 40.9 Å². The van der Waals surface area contributed by atoms with Crippen LogP contribution >= 0.6 is 15.9 Å². The van der Waals surface area contributed by atoms with Crippen molar-refractivity contribution in [3.05, 3.63) is 69.2 Å². The zero-order valence-corrected chi connectivity index (χ0v) is 11.9. The van der Waals surface area contributed by atoms with Crippen molar-refractivity contribution in [2.24, 2.45) is 0 Å². The second kappa shape index (κ2) is 5.80. The summed E-state index contributed by atoms with van der Waals surface area (Å²) in [4.78, 5) is 0. The number of aryl methyl sites for hydroxylation is 1. The SMILES string of the molecule is Cc1ccc(F)c(C(O)Cc2ccc(F)c(Br)c2)c1. The zero-order chi connectivity index (χ0) is 14.0. The number of benzene rings is 2. The van der Waals surface area contributed by atoms with Crippen molar-refractivity contribution in [2.75, 3.05) is 0 Å². The van der Waals surface area contributed by atoms with Crippen LogP contribution in [0.1, 0.15) is 22.8 Å². The Morgan fingerprint density at radius 2 is 1.79 bits per heavy atom. The lowest BCUT2D eigenvalue weighted by Gasteiger charge is -2.13. The van der Waals surface area contributed by atoms with E-state index in [0.717, 1.165) is 11.1 Å². The minimum Gasteiger partial charge on any atom is -0.388 e. The third kappa shape index (κ3) is 3.39. The molecule has 1 atom stereocenters. The highest BCUT2D eigenvalue weighted by atomic mass is 79.9. The van der Waals surface area contributed by atoms with Gasteiger partial charge in [0.1, 0.15) is 11.6 Å². The summed E-state index contributed by atoms with van der Waals surface area (Å²) in [5.41, 5.74) is 1.89. The predicted octanol–water partition coefficient (Wildman–Crippen LogP) is 4.31. The number of halogens is 3. The van der Waals surface area contributed by atoms with Crippen LogP contribution in [0, 0.1) is 18.6 Å². The van der Waals surface area contributed by atoms with Gasteiger partial charge in [0.25, 0.3) is 0 Å². The summed E-state index contributed by atoms with van der Waals surface area (Å²) < 4.78 is 27.1. The number of rotatable bonds is 3. The van der Waals surface area contributed by atoms with Crippen molar-refractivity contribution in [3.63, 3.8) is 0 Å². The monoisotopic (exact) mass is 326 g/mol. The van der Waals surface area contributed by atoms with Gasteiger partial charge in [-0.2, -0.15) is 0 Å². The van der Waals surface area contributed by atoms with E-state index in [9.17, 15) is 13.9 Å². The average Bonchev–Trinajstić information content (AvgIpc) is 2.36. The molecular weight excluding hydrogens is 314 g/mol. The quantitative estimate of drug-likeness (QED) is 0.891. The van der Waals surface area contributed by atoms with Gasteiger partial charge < -0.3 is 5.11 Å². The maximum absolute atomic E-state index is 13.6. The van der Waals surface area contributed by atoms with E-state index in [2.05, 4.69) is 15.9 Å². The number of hydrogen-bond acceptors (Lipinski definition) is 1. The first-order chi connectivity index (χ1) is 8.97. The second-order valence-corrected chi connectivity index (χ2v) is 5.35. The van der Waals surface area contributed by atoms with Gasteiger partial charge in [-0.15, -0.1) is 0 Å². The molecule has 0 amide bonds. The Morgan fingerprint density at radius 3 is 2.47 bits per heavy atom. The largest absolute Gasteiger partial charge is 0.388 e. The minimum absolute atomic E-state index is 0.235. The van der Waals surface area contributed by atoms with Crippen LogP contribution in [0.2, 0.25) is 0 Å². The average molecular weight is 327 g/mol. The van der Waals surface area contributed by atoms with E-state index in [4.69, 9.17) is 0 Å². The molecule has 0 bridgehead atoms. The Balaban J connectivity index is 2.22. The van der Waals surface area contributed by atoms with Crippen molar-refractivity contribution in [2.45, 2.75) is 19.4 Å². The molecule has 4 heteroatoms. The Kier molecular flexibility index (Phi) is 4.32. The smallest absolute Gasteiger partial charge is 0.137 e. The molecule has 100 valence electrons. The Morgan fingerprint density at radius 1 is 1.11 bits per heavy atom. The highest BCUT2D eigenvalue weighted by molar-refractivity contribution is 9.10. The molecule has 19 heavy (non-hydrogen) atoms. The summed E-state index contributed by atoms with van der Waals surface area (Å²) in [6, 6.07) is 9.11. The van der Waals surface area contributed by atoms with Crippen LogP contribution in [-0.2, 0) is 6.42 Å². The second-order valence-electron chi connectivity index (χ2n) is 4.49. The van der Waals surface area contributed by atoms with Crippen molar-refractivity contribution in [1.29, 1.82) is 0 Å². The topological polar surface area (TPSA) is 20.2 Å². The van der Waals surface area contributed by atoms with Crippen LogP contribution in [0.4, 0.5) is 8.78 Å². The van der Waals surface area contributed by atoms with Crippen LogP contribution in [-0.4, -0.2) is 5.11 Å². The lowest BCUT2D eigenvalue weighted by molar-refractivity contribution is 0.173. The van der Waals surface area contributed by atoms with Crippen LogP contribution in [0.5, 0.6) is 0 Å². The minimum atomic E-state index is -0.947. The van der Waals surface area contributed by atoms with Gasteiger partial charge in [0, 0.05) is 12.0 Å². The van der Waals surface area contributed by atoms with Crippen molar-refractivity contribution in [3.8, 4) is 0 Å². The molecular formula is C15H13BrF2O. The van der Waals surface area contributed by atoms with Crippen molar-refractivity contribution < 1.29 is 13.9 Å². The maximum atomic E-state index is 13.6. The van der Waals surface area contributed by atoms with Gasteiger partial charge in [0.15, 0.2) is 0 Å². The van der Waals surface area contributed by atoms with Crippen LogP contribution in [0.3, 0.4) is 0 Å². The summed E-state index contributed by atoms with van der Waals surface area (Å²) in [5.74, 6) is -0.792. The molecule has 0 aliphatic rings. The zero-order valence-electron chi connectivity index (χ0n) is 10.3. The highest BCUT2D eigenvalue weighted by Gasteiger charge is 2.14. The predicted molar refractivity (Wildman–Crippen MR) is 73.9 cm³/mol. The molecule has 1 nitrogen and oxygen atoms in total. The van der Waals surface area contributed by atoms with E-state index in [1.807, 2.05) is 6.92 Å². The summed E-state index contributed by atoms with van der Waals surface area (Å²) >= 11 is 3.09.